The first kappa shape index (κ1) is 14.1. The van der Waals surface area contributed by atoms with Crippen molar-refractivity contribution in [2.24, 2.45) is 0 Å². The Bertz CT molecular complexity index is 592. The molecule has 1 aromatic carbocycles. The molecule has 6 nitrogen and oxygen atoms in total. The van der Waals surface area contributed by atoms with E-state index in [1.54, 1.807) is 12.1 Å². The van der Waals surface area contributed by atoms with Crippen LogP contribution in [-0.4, -0.2) is 43.0 Å². The first-order chi connectivity index (χ1) is 9.58. The number of rotatable bonds is 5. The Morgan fingerprint density at radius 3 is 2.85 bits per heavy atom. The Balaban J connectivity index is 2.06. The summed E-state index contributed by atoms with van der Waals surface area (Å²) in [5, 5.41) is 2.78. The van der Waals surface area contributed by atoms with Crippen LogP contribution in [0, 0.1) is 0 Å². The molecule has 1 heterocycles. The fourth-order valence-electron chi connectivity index (χ4n) is 1.68. The van der Waals surface area contributed by atoms with Gasteiger partial charge < -0.3 is 20.4 Å². The number of oxazole rings is 1. The van der Waals surface area contributed by atoms with Crippen molar-refractivity contribution in [3.05, 3.63) is 36.2 Å². The molecular weight excluding hydrogens is 256 g/mol. The molecule has 0 atom stereocenters. The maximum atomic E-state index is 11.9. The molecule has 0 fully saturated rings. The van der Waals surface area contributed by atoms with Crippen molar-refractivity contribution in [2.45, 2.75) is 0 Å². The van der Waals surface area contributed by atoms with Gasteiger partial charge in [0.05, 0.1) is 5.56 Å². The highest BCUT2D eigenvalue weighted by molar-refractivity contribution is 5.92. The number of hydrogen-bond acceptors (Lipinski definition) is 5. The number of benzene rings is 1. The summed E-state index contributed by atoms with van der Waals surface area (Å²) in [6.07, 6.45) is 1.34. The molecular formula is C14H18N4O2. The average molecular weight is 274 g/mol. The van der Waals surface area contributed by atoms with Crippen LogP contribution in [0.4, 0.5) is 5.69 Å². The second-order valence-electron chi connectivity index (χ2n) is 4.68. The van der Waals surface area contributed by atoms with Crippen LogP contribution in [0.25, 0.3) is 11.5 Å². The van der Waals surface area contributed by atoms with Crippen molar-refractivity contribution < 1.29 is 9.21 Å². The molecule has 0 radical (unpaired) electrons. The van der Waals surface area contributed by atoms with E-state index < -0.39 is 0 Å². The van der Waals surface area contributed by atoms with Gasteiger partial charge >= 0.3 is 0 Å². The molecule has 0 bridgehead atoms. The largest absolute Gasteiger partial charge is 0.444 e. The molecule has 0 saturated carbocycles. The maximum Gasteiger partial charge on any atom is 0.273 e. The van der Waals surface area contributed by atoms with E-state index in [4.69, 9.17) is 10.2 Å². The van der Waals surface area contributed by atoms with Gasteiger partial charge in [0.15, 0.2) is 5.69 Å². The molecule has 1 amide bonds. The quantitative estimate of drug-likeness (QED) is 0.801. The van der Waals surface area contributed by atoms with Crippen LogP contribution in [0.3, 0.4) is 0 Å². The molecule has 0 spiro atoms. The predicted molar refractivity (Wildman–Crippen MR) is 77.2 cm³/mol. The topological polar surface area (TPSA) is 84.4 Å². The molecule has 0 aliphatic heterocycles. The van der Waals surface area contributed by atoms with Crippen molar-refractivity contribution in [1.29, 1.82) is 0 Å². The SMILES string of the molecule is CN(C)CCNC(=O)c1coc(-c2ccccc2N)n1. The van der Waals surface area contributed by atoms with E-state index in [2.05, 4.69) is 10.3 Å². The standard InChI is InChI=1S/C14H18N4O2/c1-18(2)8-7-16-13(19)12-9-20-14(17-12)10-5-3-4-6-11(10)15/h3-6,9H,7-8,15H2,1-2H3,(H,16,19). The molecule has 2 rings (SSSR count). The predicted octanol–water partition coefficient (Wildman–Crippen LogP) is 1.22. The smallest absolute Gasteiger partial charge is 0.273 e. The van der Waals surface area contributed by atoms with Gasteiger partial charge in [-0.15, -0.1) is 0 Å². The zero-order chi connectivity index (χ0) is 14.5. The minimum atomic E-state index is -0.253. The Morgan fingerprint density at radius 1 is 1.40 bits per heavy atom. The van der Waals surface area contributed by atoms with Gasteiger partial charge in [0, 0.05) is 18.8 Å². The second kappa shape index (κ2) is 6.21. The summed E-state index contributed by atoms with van der Waals surface area (Å²) in [5.41, 5.74) is 7.34. The number of carbonyl (C=O) groups is 1. The number of nitrogens with zero attached hydrogens (tertiary/aromatic N) is 2. The number of nitrogens with two attached hydrogens (primary N) is 1. The van der Waals surface area contributed by atoms with Gasteiger partial charge in [-0.2, -0.15) is 0 Å². The molecule has 20 heavy (non-hydrogen) atoms. The van der Waals surface area contributed by atoms with Crippen LogP contribution in [0.5, 0.6) is 0 Å². The summed E-state index contributed by atoms with van der Waals surface area (Å²) in [7, 11) is 3.89. The number of nitrogens with one attached hydrogen (secondary N) is 1. The molecule has 0 unspecified atom stereocenters. The Labute approximate surface area is 117 Å². The van der Waals surface area contributed by atoms with E-state index in [-0.39, 0.29) is 11.6 Å². The number of amides is 1. The lowest BCUT2D eigenvalue weighted by molar-refractivity contribution is 0.0946. The summed E-state index contributed by atoms with van der Waals surface area (Å²) in [6, 6.07) is 7.23. The van der Waals surface area contributed by atoms with Gasteiger partial charge in [0.1, 0.15) is 6.26 Å². The van der Waals surface area contributed by atoms with Crippen LogP contribution in [0.1, 0.15) is 10.5 Å². The number of para-hydroxylation sites is 1. The highest BCUT2D eigenvalue weighted by Gasteiger charge is 2.14. The second-order valence-corrected chi connectivity index (χ2v) is 4.68. The van der Waals surface area contributed by atoms with Gasteiger partial charge in [0.2, 0.25) is 5.89 Å². The van der Waals surface area contributed by atoms with Gasteiger partial charge in [-0.05, 0) is 26.2 Å². The zero-order valence-corrected chi connectivity index (χ0v) is 11.6. The highest BCUT2D eigenvalue weighted by Crippen LogP contribution is 2.24. The van der Waals surface area contributed by atoms with E-state index in [1.165, 1.54) is 6.26 Å². The molecule has 6 heteroatoms. The average Bonchev–Trinajstić information content (AvgIpc) is 2.88. The third kappa shape index (κ3) is 3.36. The Morgan fingerprint density at radius 2 is 2.15 bits per heavy atom. The number of hydrogen-bond donors (Lipinski definition) is 2. The highest BCUT2D eigenvalue weighted by atomic mass is 16.3. The number of anilines is 1. The van der Waals surface area contributed by atoms with Crippen molar-refractivity contribution in [2.75, 3.05) is 32.9 Å². The fraction of sp³-hybridized carbons (Fsp3) is 0.286. The van der Waals surface area contributed by atoms with E-state index in [0.717, 1.165) is 6.54 Å². The van der Waals surface area contributed by atoms with Crippen LogP contribution in [0.15, 0.2) is 34.9 Å². The molecule has 3 N–H and O–H groups in total. The molecule has 106 valence electrons. The number of likely N-dealkylation sites (N-methyl/N-ethyl adjacent to an activating group) is 1. The molecule has 2 aromatic rings. The molecule has 0 saturated heterocycles. The first-order valence-electron chi connectivity index (χ1n) is 6.31. The number of carbonyl (C=O) groups excluding carboxylic acids is 1. The summed E-state index contributed by atoms with van der Waals surface area (Å²) >= 11 is 0. The van der Waals surface area contributed by atoms with E-state index >= 15 is 0 Å². The molecule has 1 aromatic heterocycles. The molecule has 0 aliphatic rings. The van der Waals surface area contributed by atoms with E-state index in [1.807, 2.05) is 31.1 Å². The van der Waals surface area contributed by atoms with E-state index in [0.29, 0.717) is 23.7 Å². The fourth-order valence-corrected chi connectivity index (χ4v) is 1.68. The Hall–Kier alpha value is -2.34. The minimum absolute atomic E-state index is 0.252. The number of aromatic nitrogens is 1. The third-order valence-electron chi connectivity index (χ3n) is 2.77. The first-order valence-corrected chi connectivity index (χ1v) is 6.31. The summed E-state index contributed by atoms with van der Waals surface area (Å²) < 4.78 is 5.32. The normalized spacial score (nSPS) is 10.8. The lowest BCUT2D eigenvalue weighted by Gasteiger charge is -2.09. The number of nitrogen functional groups attached to an aromatic ring is 1. The van der Waals surface area contributed by atoms with Crippen molar-refractivity contribution >= 4 is 11.6 Å². The van der Waals surface area contributed by atoms with Gasteiger partial charge in [-0.3, -0.25) is 4.79 Å². The lowest BCUT2D eigenvalue weighted by atomic mass is 10.2. The zero-order valence-electron chi connectivity index (χ0n) is 11.6. The third-order valence-corrected chi connectivity index (χ3v) is 2.77. The minimum Gasteiger partial charge on any atom is -0.444 e. The van der Waals surface area contributed by atoms with Crippen LogP contribution in [-0.2, 0) is 0 Å². The lowest BCUT2D eigenvalue weighted by Crippen LogP contribution is -2.31. The van der Waals surface area contributed by atoms with Gasteiger partial charge in [0.25, 0.3) is 5.91 Å². The van der Waals surface area contributed by atoms with Crippen LogP contribution >= 0.6 is 0 Å². The summed E-state index contributed by atoms with van der Waals surface area (Å²) in [6.45, 7) is 1.32. The van der Waals surface area contributed by atoms with Crippen LogP contribution in [0.2, 0.25) is 0 Å². The molecule has 0 aliphatic carbocycles. The van der Waals surface area contributed by atoms with Crippen molar-refractivity contribution in [3.8, 4) is 11.5 Å². The van der Waals surface area contributed by atoms with Gasteiger partial charge in [-0.25, -0.2) is 4.98 Å². The van der Waals surface area contributed by atoms with Crippen LogP contribution < -0.4 is 11.1 Å². The van der Waals surface area contributed by atoms with Crippen molar-refractivity contribution in [1.82, 2.24) is 15.2 Å². The Kier molecular flexibility index (Phi) is 4.37. The van der Waals surface area contributed by atoms with Gasteiger partial charge in [-0.1, -0.05) is 12.1 Å². The van der Waals surface area contributed by atoms with Crippen molar-refractivity contribution in [3.63, 3.8) is 0 Å². The maximum absolute atomic E-state index is 11.9. The summed E-state index contributed by atoms with van der Waals surface area (Å²) in [4.78, 5) is 18.0. The monoisotopic (exact) mass is 274 g/mol. The van der Waals surface area contributed by atoms with E-state index in [9.17, 15) is 4.79 Å². The summed E-state index contributed by atoms with van der Waals surface area (Å²) in [5.74, 6) is 0.0946.